The van der Waals surface area contributed by atoms with Crippen molar-refractivity contribution in [2.45, 2.75) is 69.7 Å². The molecule has 2 heterocycles. The molecule has 25 heavy (non-hydrogen) atoms. The molecule has 1 aromatic carbocycles. The number of carbonyl (C=O) groups is 1. The number of rotatable bonds is 2. The molecule has 5 heteroatoms. The van der Waals surface area contributed by atoms with Crippen LogP contribution in [0.25, 0.3) is 0 Å². The van der Waals surface area contributed by atoms with Crippen LogP contribution in [0.15, 0.2) is 18.2 Å². The van der Waals surface area contributed by atoms with Gasteiger partial charge in [0, 0.05) is 18.1 Å². The summed E-state index contributed by atoms with van der Waals surface area (Å²) in [6, 6.07) is 6.17. The number of ether oxygens (including phenoxy) is 2. The average molecular weight is 364 g/mol. The van der Waals surface area contributed by atoms with E-state index in [1.165, 1.54) is 24.0 Å². The van der Waals surface area contributed by atoms with E-state index in [9.17, 15) is 4.79 Å². The third-order valence-corrected chi connectivity index (χ3v) is 5.72. The summed E-state index contributed by atoms with van der Waals surface area (Å²) in [6.45, 7) is 7.06. The molecule has 4 rings (SSSR count). The van der Waals surface area contributed by atoms with Gasteiger partial charge in [0.2, 0.25) is 0 Å². The van der Waals surface area contributed by atoms with E-state index in [0.29, 0.717) is 19.0 Å². The molecular weight excluding hydrogens is 338 g/mol. The Morgan fingerprint density at radius 2 is 1.96 bits per heavy atom. The lowest BCUT2D eigenvalue weighted by atomic mass is 9.87. The lowest BCUT2D eigenvalue weighted by Gasteiger charge is -2.32. The first-order valence-electron chi connectivity index (χ1n) is 9.23. The predicted octanol–water partition coefficient (Wildman–Crippen LogP) is 5.06. The highest BCUT2D eigenvalue weighted by molar-refractivity contribution is 6.31. The number of nitrogens with zero attached hydrogens (tertiary/aromatic N) is 1. The third-order valence-electron chi connectivity index (χ3n) is 5.39. The molecule has 1 aromatic rings. The predicted molar refractivity (Wildman–Crippen MR) is 97.0 cm³/mol. The Morgan fingerprint density at radius 1 is 1.28 bits per heavy atom. The number of carbonyl (C=O) groups excluding carboxylic acids is 1. The van der Waals surface area contributed by atoms with E-state index in [1.807, 2.05) is 32.9 Å². The summed E-state index contributed by atoms with van der Waals surface area (Å²) >= 11 is 6.46. The molecule has 3 aliphatic rings. The molecule has 0 bridgehead atoms. The summed E-state index contributed by atoms with van der Waals surface area (Å²) in [6.07, 6.45) is 4.07. The van der Waals surface area contributed by atoms with Crippen LogP contribution in [0, 0.1) is 0 Å². The zero-order chi connectivity index (χ0) is 17.8. The summed E-state index contributed by atoms with van der Waals surface area (Å²) in [5.74, 6) is 0.604. The van der Waals surface area contributed by atoms with Gasteiger partial charge in [-0.3, -0.25) is 0 Å². The van der Waals surface area contributed by atoms with Gasteiger partial charge in [0.25, 0.3) is 0 Å². The van der Waals surface area contributed by atoms with Gasteiger partial charge in [-0.25, -0.2) is 4.79 Å². The van der Waals surface area contributed by atoms with Crippen LogP contribution in [0.2, 0.25) is 5.02 Å². The second-order valence-corrected chi connectivity index (χ2v) is 8.95. The van der Waals surface area contributed by atoms with E-state index in [1.54, 1.807) is 4.90 Å². The van der Waals surface area contributed by atoms with E-state index in [-0.39, 0.29) is 17.8 Å². The van der Waals surface area contributed by atoms with Crippen molar-refractivity contribution < 1.29 is 14.3 Å². The number of likely N-dealkylation sites (tertiary alicyclic amines) is 1. The van der Waals surface area contributed by atoms with E-state index < -0.39 is 5.60 Å². The first-order chi connectivity index (χ1) is 11.8. The van der Waals surface area contributed by atoms with Crippen molar-refractivity contribution in [3.63, 3.8) is 0 Å². The molecule has 136 valence electrons. The second-order valence-electron chi connectivity index (χ2n) is 8.55. The maximum Gasteiger partial charge on any atom is 0.410 e. The summed E-state index contributed by atoms with van der Waals surface area (Å²) in [4.78, 5) is 14.0. The van der Waals surface area contributed by atoms with Gasteiger partial charge in [-0.2, -0.15) is 0 Å². The summed E-state index contributed by atoms with van der Waals surface area (Å²) in [5, 5.41) is 0.872. The van der Waals surface area contributed by atoms with Gasteiger partial charge in [-0.15, -0.1) is 0 Å². The number of hydrogen-bond donors (Lipinski definition) is 0. The molecule has 1 atom stereocenters. The Labute approximate surface area is 154 Å². The fraction of sp³-hybridized carbons (Fsp3) is 0.650. The molecular formula is C20H26ClNO3. The topological polar surface area (TPSA) is 42.1 Å². The SMILES string of the molecule is CC(C)(C)OC(=O)N1CCC2(CC1)OC2c1cccc(Cl)c1C1CC1. The lowest BCUT2D eigenvalue weighted by Crippen LogP contribution is -2.44. The molecule has 0 aromatic heterocycles. The van der Waals surface area contributed by atoms with E-state index in [4.69, 9.17) is 21.1 Å². The molecule has 2 aliphatic heterocycles. The van der Waals surface area contributed by atoms with Crippen LogP contribution in [-0.4, -0.2) is 35.3 Å². The van der Waals surface area contributed by atoms with Crippen LogP contribution >= 0.6 is 11.6 Å². The zero-order valence-electron chi connectivity index (χ0n) is 15.2. The molecule has 4 nitrogen and oxygen atoms in total. The number of amides is 1. The smallest absolute Gasteiger partial charge is 0.410 e. The zero-order valence-corrected chi connectivity index (χ0v) is 15.9. The maximum absolute atomic E-state index is 12.2. The molecule has 3 fully saturated rings. The molecule has 1 saturated carbocycles. The van der Waals surface area contributed by atoms with Crippen molar-refractivity contribution in [1.82, 2.24) is 4.90 Å². The largest absolute Gasteiger partial charge is 0.444 e. The van der Waals surface area contributed by atoms with Gasteiger partial charge in [0.1, 0.15) is 17.3 Å². The fourth-order valence-electron chi connectivity index (χ4n) is 3.91. The van der Waals surface area contributed by atoms with E-state index >= 15 is 0 Å². The summed E-state index contributed by atoms with van der Waals surface area (Å²) < 4.78 is 11.7. The normalized spacial score (nSPS) is 25.1. The minimum absolute atomic E-state index is 0.118. The van der Waals surface area contributed by atoms with Gasteiger partial charge in [0.15, 0.2) is 0 Å². The Kier molecular flexibility index (Phi) is 4.04. The molecule has 0 radical (unpaired) electrons. The van der Waals surface area contributed by atoms with Crippen LogP contribution in [-0.2, 0) is 9.47 Å². The van der Waals surface area contributed by atoms with Crippen molar-refractivity contribution >= 4 is 17.7 Å². The Morgan fingerprint density at radius 3 is 2.56 bits per heavy atom. The number of hydrogen-bond acceptors (Lipinski definition) is 3. The van der Waals surface area contributed by atoms with Crippen molar-refractivity contribution in [1.29, 1.82) is 0 Å². The first kappa shape index (κ1) is 17.2. The monoisotopic (exact) mass is 363 g/mol. The van der Waals surface area contributed by atoms with Crippen molar-refractivity contribution in [3.05, 3.63) is 34.3 Å². The molecule has 2 saturated heterocycles. The van der Waals surface area contributed by atoms with Crippen molar-refractivity contribution in [2.75, 3.05) is 13.1 Å². The standard InChI is InChI=1S/C20H26ClNO3/c1-19(2,3)25-18(23)22-11-9-20(10-12-22)17(24-20)14-5-4-6-15(21)16(14)13-7-8-13/h4-6,13,17H,7-12H2,1-3H3. The minimum atomic E-state index is -0.454. The number of piperidine rings is 1. The van der Waals surface area contributed by atoms with Gasteiger partial charge >= 0.3 is 6.09 Å². The molecule has 1 unspecified atom stereocenters. The minimum Gasteiger partial charge on any atom is -0.444 e. The first-order valence-corrected chi connectivity index (χ1v) is 9.61. The van der Waals surface area contributed by atoms with Crippen molar-refractivity contribution in [3.8, 4) is 0 Å². The van der Waals surface area contributed by atoms with Crippen LogP contribution in [0.1, 0.15) is 69.6 Å². The van der Waals surface area contributed by atoms with Crippen LogP contribution < -0.4 is 0 Å². The van der Waals surface area contributed by atoms with Crippen LogP contribution in [0.3, 0.4) is 0 Å². The third kappa shape index (κ3) is 3.39. The Bertz CT molecular complexity index is 685. The highest BCUT2D eigenvalue weighted by atomic mass is 35.5. The van der Waals surface area contributed by atoms with Gasteiger partial charge in [-0.1, -0.05) is 23.7 Å². The molecule has 1 aliphatic carbocycles. The summed E-state index contributed by atoms with van der Waals surface area (Å²) in [7, 11) is 0. The van der Waals surface area contributed by atoms with Crippen LogP contribution in [0.5, 0.6) is 0 Å². The molecule has 0 N–H and O–H groups in total. The van der Waals surface area contributed by atoms with E-state index in [2.05, 4.69) is 6.07 Å². The number of halogens is 1. The maximum atomic E-state index is 12.2. The quantitative estimate of drug-likeness (QED) is 0.690. The van der Waals surface area contributed by atoms with Crippen LogP contribution in [0.4, 0.5) is 4.79 Å². The van der Waals surface area contributed by atoms with Crippen molar-refractivity contribution in [2.24, 2.45) is 0 Å². The summed E-state index contributed by atoms with van der Waals surface area (Å²) in [5.41, 5.74) is 1.98. The van der Waals surface area contributed by atoms with Gasteiger partial charge in [0.05, 0.1) is 0 Å². The fourth-order valence-corrected chi connectivity index (χ4v) is 4.24. The van der Waals surface area contributed by atoms with E-state index in [0.717, 1.165) is 17.9 Å². The second kappa shape index (κ2) is 5.88. The number of epoxide rings is 1. The highest BCUT2D eigenvalue weighted by Gasteiger charge is 2.59. The average Bonchev–Trinajstić information content (AvgIpc) is 3.43. The lowest BCUT2D eigenvalue weighted by molar-refractivity contribution is 0.0165. The molecule has 1 amide bonds. The highest BCUT2D eigenvalue weighted by Crippen LogP contribution is 2.59. The van der Waals surface area contributed by atoms with Gasteiger partial charge in [-0.05, 0) is 69.6 Å². The molecule has 1 spiro atoms. The van der Waals surface area contributed by atoms with Gasteiger partial charge < -0.3 is 14.4 Å². The number of benzene rings is 1. The Balaban J connectivity index is 1.43. The Hall–Kier alpha value is -1.26.